The van der Waals surface area contributed by atoms with E-state index in [9.17, 15) is 35.9 Å². The summed E-state index contributed by atoms with van der Waals surface area (Å²) in [5.41, 5.74) is 0. The lowest BCUT2D eigenvalue weighted by Gasteiger charge is -2.29. The Bertz CT molecular complexity index is 429. The van der Waals surface area contributed by atoms with Crippen LogP contribution in [0.25, 0.3) is 0 Å². The van der Waals surface area contributed by atoms with E-state index in [-0.39, 0.29) is 24.9 Å². The minimum atomic E-state index is -4.60. The number of alkyl carbamates (subject to hydrolysis) is 2. The molecule has 0 bridgehead atoms. The van der Waals surface area contributed by atoms with Gasteiger partial charge in [-0.1, -0.05) is 6.42 Å². The molecule has 0 spiro atoms. The van der Waals surface area contributed by atoms with E-state index in [4.69, 9.17) is 0 Å². The van der Waals surface area contributed by atoms with Crippen LogP contribution in [0.15, 0.2) is 0 Å². The normalized spacial score (nSPS) is 21.0. The number of hydrogen-bond acceptors (Lipinski definition) is 4. The Morgan fingerprint density at radius 1 is 0.808 bits per heavy atom. The van der Waals surface area contributed by atoms with Crippen LogP contribution in [-0.4, -0.2) is 50.8 Å². The number of rotatable bonds is 6. The van der Waals surface area contributed by atoms with Crippen molar-refractivity contribution in [3.05, 3.63) is 0 Å². The van der Waals surface area contributed by atoms with Crippen molar-refractivity contribution in [3.8, 4) is 0 Å². The highest BCUT2D eigenvalue weighted by atomic mass is 19.4. The molecule has 2 amide bonds. The summed E-state index contributed by atoms with van der Waals surface area (Å²) >= 11 is 0. The van der Waals surface area contributed by atoms with Crippen molar-refractivity contribution in [2.45, 2.75) is 38.0 Å². The SMILES string of the molecule is O=C(NCC1CCCC(CNC(=O)OCC(F)(F)F)C1)OCC(F)(F)F. The van der Waals surface area contributed by atoms with Gasteiger partial charge in [0.15, 0.2) is 13.2 Å². The van der Waals surface area contributed by atoms with E-state index < -0.39 is 37.8 Å². The highest BCUT2D eigenvalue weighted by Gasteiger charge is 2.31. The fourth-order valence-electron chi connectivity index (χ4n) is 2.63. The molecular weight excluding hydrogens is 374 g/mol. The molecule has 152 valence electrons. The third-order valence-corrected chi connectivity index (χ3v) is 3.70. The molecule has 0 aliphatic heterocycles. The molecule has 0 heterocycles. The van der Waals surface area contributed by atoms with E-state index in [0.29, 0.717) is 6.42 Å². The summed E-state index contributed by atoms with van der Waals surface area (Å²) in [7, 11) is 0. The first kappa shape index (κ1) is 22.2. The van der Waals surface area contributed by atoms with E-state index >= 15 is 0 Å². The van der Waals surface area contributed by atoms with Crippen LogP contribution in [0.2, 0.25) is 0 Å². The molecule has 0 aromatic carbocycles. The number of carbonyl (C=O) groups is 2. The maximum atomic E-state index is 11.9. The molecule has 1 aliphatic carbocycles. The standard InChI is InChI=1S/C14H20F6N2O4/c15-13(16,17)7-25-11(23)21-5-9-2-1-3-10(4-9)6-22-12(24)26-8-14(18,19)20/h9-10H,1-8H2,(H,21,23)(H,22,24). The Hall–Kier alpha value is -1.88. The summed E-state index contributed by atoms with van der Waals surface area (Å²) in [5.74, 6) is -0.0552. The summed E-state index contributed by atoms with van der Waals surface area (Å²) in [4.78, 5) is 22.4. The van der Waals surface area contributed by atoms with Crippen molar-refractivity contribution in [3.63, 3.8) is 0 Å². The number of amides is 2. The van der Waals surface area contributed by atoms with Gasteiger partial charge in [-0.05, 0) is 31.1 Å². The predicted octanol–water partition coefficient (Wildman–Crippen LogP) is 3.37. The average Bonchev–Trinajstić information content (AvgIpc) is 2.53. The second kappa shape index (κ2) is 9.72. The molecule has 2 unspecified atom stereocenters. The van der Waals surface area contributed by atoms with Gasteiger partial charge in [0, 0.05) is 13.1 Å². The smallest absolute Gasteiger partial charge is 0.422 e. The molecule has 1 fully saturated rings. The zero-order valence-corrected chi connectivity index (χ0v) is 13.7. The van der Waals surface area contributed by atoms with Gasteiger partial charge in [0.1, 0.15) is 0 Å². The number of carbonyl (C=O) groups excluding carboxylic acids is 2. The first-order valence-corrected chi connectivity index (χ1v) is 7.89. The number of alkyl halides is 6. The van der Waals surface area contributed by atoms with E-state index in [1.807, 2.05) is 0 Å². The van der Waals surface area contributed by atoms with Crippen molar-refractivity contribution < 1.29 is 45.4 Å². The van der Waals surface area contributed by atoms with Gasteiger partial charge in [-0.25, -0.2) is 9.59 Å². The summed E-state index contributed by atoms with van der Waals surface area (Å²) in [5, 5.41) is 4.50. The van der Waals surface area contributed by atoms with Crippen LogP contribution in [-0.2, 0) is 9.47 Å². The van der Waals surface area contributed by atoms with Crippen molar-refractivity contribution in [2.24, 2.45) is 11.8 Å². The van der Waals surface area contributed by atoms with Crippen LogP contribution in [0.4, 0.5) is 35.9 Å². The van der Waals surface area contributed by atoms with Crippen molar-refractivity contribution in [1.82, 2.24) is 10.6 Å². The second-order valence-corrected chi connectivity index (χ2v) is 6.04. The summed E-state index contributed by atoms with van der Waals surface area (Å²) in [6.07, 6.45) is -8.76. The lowest BCUT2D eigenvalue weighted by atomic mass is 9.81. The molecule has 0 radical (unpaired) electrons. The molecule has 0 saturated heterocycles. The maximum absolute atomic E-state index is 11.9. The monoisotopic (exact) mass is 394 g/mol. The Kier molecular flexibility index (Phi) is 8.28. The topological polar surface area (TPSA) is 76.7 Å². The van der Waals surface area contributed by atoms with Crippen LogP contribution >= 0.6 is 0 Å². The van der Waals surface area contributed by atoms with Gasteiger partial charge >= 0.3 is 24.5 Å². The average molecular weight is 394 g/mol. The summed E-state index contributed by atoms with van der Waals surface area (Å²) in [6, 6.07) is 0. The maximum Gasteiger partial charge on any atom is 0.422 e. The summed E-state index contributed by atoms with van der Waals surface area (Å²) in [6.45, 7) is -3.11. The number of hydrogen-bond donors (Lipinski definition) is 2. The highest BCUT2D eigenvalue weighted by molar-refractivity contribution is 5.67. The van der Waals surface area contributed by atoms with E-state index in [1.165, 1.54) is 0 Å². The number of nitrogens with one attached hydrogen (secondary N) is 2. The van der Waals surface area contributed by atoms with Crippen molar-refractivity contribution in [2.75, 3.05) is 26.3 Å². The van der Waals surface area contributed by atoms with Crippen molar-refractivity contribution in [1.29, 1.82) is 0 Å². The van der Waals surface area contributed by atoms with E-state index in [1.54, 1.807) is 0 Å². The highest BCUT2D eigenvalue weighted by Crippen LogP contribution is 2.28. The predicted molar refractivity (Wildman–Crippen MR) is 76.3 cm³/mol. The van der Waals surface area contributed by atoms with Crippen LogP contribution < -0.4 is 10.6 Å². The molecule has 6 nitrogen and oxygen atoms in total. The third-order valence-electron chi connectivity index (χ3n) is 3.70. The van der Waals surface area contributed by atoms with Crippen molar-refractivity contribution >= 4 is 12.2 Å². The van der Waals surface area contributed by atoms with Gasteiger partial charge in [-0.2, -0.15) is 26.3 Å². The van der Waals surface area contributed by atoms with Crippen LogP contribution in [0.5, 0.6) is 0 Å². The minimum Gasteiger partial charge on any atom is -0.440 e. The third kappa shape index (κ3) is 10.9. The van der Waals surface area contributed by atoms with Gasteiger partial charge in [0.05, 0.1) is 0 Å². The van der Waals surface area contributed by atoms with E-state index in [0.717, 1.165) is 19.3 Å². The fraction of sp³-hybridized carbons (Fsp3) is 0.857. The first-order valence-electron chi connectivity index (χ1n) is 7.89. The fourth-order valence-corrected chi connectivity index (χ4v) is 2.63. The minimum absolute atomic E-state index is 0.0276. The number of halogens is 6. The van der Waals surface area contributed by atoms with Gasteiger partial charge in [-0.3, -0.25) is 0 Å². The van der Waals surface area contributed by atoms with Gasteiger partial charge in [0.25, 0.3) is 0 Å². The van der Waals surface area contributed by atoms with E-state index in [2.05, 4.69) is 20.1 Å². The lowest BCUT2D eigenvalue weighted by molar-refractivity contribution is -0.160. The molecule has 0 aromatic rings. The zero-order valence-electron chi connectivity index (χ0n) is 13.7. The molecule has 1 rings (SSSR count). The first-order chi connectivity index (χ1) is 11.9. The molecule has 26 heavy (non-hydrogen) atoms. The lowest BCUT2D eigenvalue weighted by Crippen LogP contribution is -2.37. The Labute approximate surface area is 145 Å². The Morgan fingerprint density at radius 2 is 1.19 bits per heavy atom. The van der Waals surface area contributed by atoms with Crippen LogP contribution in [0.3, 0.4) is 0 Å². The largest absolute Gasteiger partial charge is 0.440 e. The molecule has 2 atom stereocenters. The second-order valence-electron chi connectivity index (χ2n) is 6.04. The molecule has 12 heteroatoms. The Balaban J connectivity index is 2.23. The van der Waals surface area contributed by atoms with Crippen LogP contribution in [0, 0.1) is 11.8 Å². The quantitative estimate of drug-likeness (QED) is 0.678. The molecule has 0 aromatic heterocycles. The molecule has 1 saturated carbocycles. The van der Waals surface area contributed by atoms with Gasteiger partial charge in [0.2, 0.25) is 0 Å². The van der Waals surface area contributed by atoms with Gasteiger partial charge in [-0.15, -0.1) is 0 Å². The van der Waals surface area contributed by atoms with Gasteiger partial charge < -0.3 is 20.1 Å². The zero-order chi connectivity index (χ0) is 19.8. The Morgan fingerprint density at radius 3 is 1.54 bits per heavy atom. The summed E-state index contributed by atoms with van der Waals surface area (Å²) < 4.78 is 79.6. The molecule has 2 N–H and O–H groups in total. The molecule has 1 aliphatic rings. The molecular formula is C14H20F6N2O4. The van der Waals surface area contributed by atoms with Crippen LogP contribution in [0.1, 0.15) is 25.7 Å². The number of ether oxygens (including phenoxy) is 2.